The number of para-hydroxylation sites is 1. The summed E-state index contributed by atoms with van der Waals surface area (Å²) >= 11 is 0. The van der Waals surface area contributed by atoms with Gasteiger partial charge in [0.15, 0.2) is 5.82 Å². The Morgan fingerprint density at radius 1 is 1.03 bits per heavy atom. The summed E-state index contributed by atoms with van der Waals surface area (Å²) in [5.41, 5.74) is 11.2. The second-order valence-corrected chi connectivity index (χ2v) is 10.1. The number of hydrogen-bond donors (Lipinski definition) is 5. The van der Waals surface area contributed by atoms with Crippen molar-refractivity contribution in [1.82, 2.24) is 19.9 Å². The van der Waals surface area contributed by atoms with Crippen molar-refractivity contribution in [2.24, 2.45) is 0 Å². The molecule has 0 atom stereocenters. The van der Waals surface area contributed by atoms with Gasteiger partial charge in [0.25, 0.3) is 0 Å². The molecule has 1 aliphatic rings. The van der Waals surface area contributed by atoms with Crippen LogP contribution in [-0.2, 0) is 17.8 Å². The van der Waals surface area contributed by atoms with Crippen molar-refractivity contribution in [3.63, 3.8) is 0 Å². The highest BCUT2D eigenvalue weighted by Gasteiger charge is 2.31. The first kappa shape index (κ1) is 28.8. The molecule has 210 valence electrons. The van der Waals surface area contributed by atoms with Crippen molar-refractivity contribution in [2.45, 2.75) is 58.2 Å². The van der Waals surface area contributed by atoms with E-state index in [2.05, 4.69) is 74.6 Å². The summed E-state index contributed by atoms with van der Waals surface area (Å²) in [6.45, 7) is 7.81. The third-order valence-electron chi connectivity index (χ3n) is 7.20. The van der Waals surface area contributed by atoms with Gasteiger partial charge in [-0.25, -0.2) is 4.98 Å². The smallest absolute Gasteiger partial charge is 0.222 e. The van der Waals surface area contributed by atoms with Gasteiger partial charge in [0.1, 0.15) is 11.0 Å². The molecule has 39 heavy (non-hydrogen) atoms. The lowest BCUT2D eigenvalue weighted by Crippen LogP contribution is -2.51. The first-order valence-corrected chi connectivity index (χ1v) is 13.9. The Labute approximate surface area is 230 Å². The predicted molar refractivity (Wildman–Crippen MR) is 158 cm³/mol. The monoisotopic (exact) mass is 534 g/mol. The molecule has 9 nitrogen and oxygen atoms in total. The fraction of sp³-hybridized carbons (Fsp3) is 0.467. The van der Waals surface area contributed by atoms with E-state index in [1.165, 1.54) is 11.1 Å². The summed E-state index contributed by atoms with van der Waals surface area (Å²) in [4.78, 5) is 9.21. The number of aliphatic hydroxyl groups is 2. The molecule has 0 spiro atoms. The molecule has 1 aliphatic heterocycles. The van der Waals surface area contributed by atoms with Crippen LogP contribution in [0.5, 0.6) is 0 Å². The number of rotatable bonds is 10. The SMILES string of the molecule is CCCCNc1nc(N)nc2c3ccccc3n(Cc3cccc(CNC4(CO)CCOCC4)c3)c12.CCO. The molecule has 2 aromatic heterocycles. The van der Waals surface area contributed by atoms with Gasteiger partial charge in [-0.15, -0.1) is 0 Å². The lowest BCUT2D eigenvalue weighted by Gasteiger charge is -2.36. The zero-order valence-corrected chi connectivity index (χ0v) is 23.1. The average Bonchev–Trinajstić information content (AvgIpc) is 3.26. The first-order chi connectivity index (χ1) is 19.0. The van der Waals surface area contributed by atoms with E-state index in [4.69, 9.17) is 15.6 Å². The number of unbranched alkanes of at least 4 members (excludes halogenated alkanes) is 1. The maximum atomic E-state index is 10.0. The second-order valence-electron chi connectivity index (χ2n) is 10.1. The predicted octanol–water partition coefficient (Wildman–Crippen LogP) is 4.06. The number of nitrogens with two attached hydrogens (primary N) is 1. The van der Waals surface area contributed by atoms with E-state index in [0.29, 0.717) is 26.3 Å². The van der Waals surface area contributed by atoms with E-state index in [1.807, 2.05) is 6.07 Å². The zero-order chi connectivity index (χ0) is 27.7. The van der Waals surface area contributed by atoms with Crippen LogP contribution in [-0.4, -0.2) is 63.3 Å². The van der Waals surface area contributed by atoms with Crippen molar-refractivity contribution in [2.75, 3.05) is 44.0 Å². The summed E-state index contributed by atoms with van der Waals surface area (Å²) in [5, 5.41) is 25.8. The third kappa shape index (κ3) is 6.86. The minimum absolute atomic E-state index is 0.119. The van der Waals surface area contributed by atoms with Gasteiger partial charge < -0.3 is 35.9 Å². The topological polar surface area (TPSA) is 130 Å². The molecule has 5 rings (SSSR count). The largest absolute Gasteiger partial charge is 0.397 e. The van der Waals surface area contributed by atoms with Gasteiger partial charge in [0.2, 0.25) is 5.95 Å². The number of aromatic nitrogens is 3. The van der Waals surface area contributed by atoms with Crippen LogP contribution >= 0.6 is 0 Å². The Balaban J connectivity index is 0.00000112. The van der Waals surface area contributed by atoms with E-state index >= 15 is 0 Å². The molecule has 1 fully saturated rings. The lowest BCUT2D eigenvalue weighted by atomic mass is 9.90. The molecule has 0 radical (unpaired) electrons. The summed E-state index contributed by atoms with van der Waals surface area (Å²) < 4.78 is 7.79. The summed E-state index contributed by atoms with van der Waals surface area (Å²) in [6.07, 6.45) is 3.80. The molecular formula is C30H42N6O3. The molecule has 4 aromatic rings. The van der Waals surface area contributed by atoms with Gasteiger partial charge in [-0.1, -0.05) is 55.8 Å². The Morgan fingerprint density at radius 3 is 2.51 bits per heavy atom. The third-order valence-corrected chi connectivity index (χ3v) is 7.20. The molecule has 0 aliphatic carbocycles. The van der Waals surface area contributed by atoms with Gasteiger partial charge in [0, 0.05) is 50.4 Å². The minimum Gasteiger partial charge on any atom is -0.397 e. The number of ether oxygens (including phenoxy) is 1. The molecule has 0 unspecified atom stereocenters. The van der Waals surface area contributed by atoms with Gasteiger partial charge >= 0.3 is 0 Å². The molecule has 6 N–H and O–H groups in total. The van der Waals surface area contributed by atoms with Crippen LogP contribution in [0.1, 0.15) is 50.7 Å². The van der Waals surface area contributed by atoms with Crippen LogP contribution in [0.25, 0.3) is 21.9 Å². The summed E-state index contributed by atoms with van der Waals surface area (Å²) in [5.74, 6) is 1.06. The molecule has 1 saturated heterocycles. The Kier molecular flexibility index (Phi) is 10.1. The second kappa shape index (κ2) is 13.7. The quantitative estimate of drug-likeness (QED) is 0.193. The Bertz CT molecular complexity index is 1350. The van der Waals surface area contributed by atoms with Crippen LogP contribution in [0.3, 0.4) is 0 Å². The number of nitrogens with zero attached hydrogens (tertiary/aromatic N) is 3. The van der Waals surface area contributed by atoms with E-state index in [1.54, 1.807) is 6.92 Å². The maximum Gasteiger partial charge on any atom is 0.222 e. The van der Waals surface area contributed by atoms with Crippen molar-refractivity contribution >= 4 is 33.7 Å². The zero-order valence-electron chi connectivity index (χ0n) is 23.1. The minimum atomic E-state index is -0.266. The van der Waals surface area contributed by atoms with Crippen molar-refractivity contribution in [1.29, 1.82) is 0 Å². The van der Waals surface area contributed by atoms with E-state index in [0.717, 1.165) is 60.0 Å². The first-order valence-electron chi connectivity index (χ1n) is 13.9. The Hall–Kier alpha value is -3.24. The van der Waals surface area contributed by atoms with Crippen molar-refractivity contribution < 1.29 is 14.9 Å². The summed E-state index contributed by atoms with van der Waals surface area (Å²) in [7, 11) is 0. The van der Waals surface area contributed by atoms with Crippen LogP contribution in [0.2, 0.25) is 0 Å². The van der Waals surface area contributed by atoms with Gasteiger partial charge in [0.05, 0.1) is 12.1 Å². The van der Waals surface area contributed by atoms with Crippen LogP contribution < -0.4 is 16.4 Å². The number of hydrogen-bond acceptors (Lipinski definition) is 8. The molecule has 2 aromatic carbocycles. The number of nitrogen functional groups attached to an aromatic ring is 1. The fourth-order valence-electron chi connectivity index (χ4n) is 5.08. The van der Waals surface area contributed by atoms with Crippen LogP contribution in [0, 0.1) is 0 Å². The molecule has 0 saturated carbocycles. The number of benzene rings is 2. The van der Waals surface area contributed by atoms with Gasteiger partial charge in [-0.3, -0.25) is 0 Å². The molecule has 0 bridgehead atoms. The normalized spacial score (nSPS) is 14.8. The average molecular weight is 535 g/mol. The van der Waals surface area contributed by atoms with E-state index < -0.39 is 0 Å². The highest BCUT2D eigenvalue weighted by Crippen LogP contribution is 2.33. The maximum absolute atomic E-state index is 10.0. The molecule has 9 heteroatoms. The number of fused-ring (bicyclic) bond motifs is 3. The summed E-state index contributed by atoms with van der Waals surface area (Å²) in [6, 6.07) is 16.9. The van der Waals surface area contributed by atoms with E-state index in [-0.39, 0.29) is 24.7 Å². The lowest BCUT2D eigenvalue weighted by molar-refractivity contribution is 0.0111. The number of aliphatic hydroxyl groups excluding tert-OH is 2. The highest BCUT2D eigenvalue weighted by molar-refractivity contribution is 6.09. The highest BCUT2D eigenvalue weighted by atomic mass is 16.5. The molecule has 0 amide bonds. The van der Waals surface area contributed by atoms with Crippen molar-refractivity contribution in [3.8, 4) is 0 Å². The van der Waals surface area contributed by atoms with Gasteiger partial charge in [-0.2, -0.15) is 4.98 Å². The standard InChI is InChI=1S/C28H36N6O2.C2H6O/c1-2-3-13-30-26-25-24(32-27(29)33-26)22-9-4-5-10-23(22)34(25)18-21-8-6-7-20(16-21)17-31-28(19-35)11-14-36-15-12-28;1-2-3/h4-10,16,31,35H,2-3,11-15,17-19H2,1H3,(H3,29,30,32,33);3H,2H2,1H3. The van der Waals surface area contributed by atoms with Crippen LogP contribution in [0.4, 0.5) is 11.8 Å². The van der Waals surface area contributed by atoms with E-state index in [9.17, 15) is 5.11 Å². The molecular weight excluding hydrogens is 492 g/mol. The fourth-order valence-corrected chi connectivity index (χ4v) is 5.08. The van der Waals surface area contributed by atoms with Gasteiger partial charge in [-0.05, 0) is 43.4 Å². The number of anilines is 2. The Morgan fingerprint density at radius 2 is 1.77 bits per heavy atom. The van der Waals surface area contributed by atoms with Crippen LogP contribution in [0.15, 0.2) is 48.5 Å². The number of nitrogens with one attached hydrogen (secondary N) is 2. The molecule has 3 heterocycles. The van der Waals surface area contributed by atoms with Crippen molar-refractivity contribution in [3.05, 3.63) is 59.7 Å².